The zero-order chi connectivity index (χ0) is 20.1. The van der Waals surface area contributed by atoms with Crippen LogP contribution in [0.5, 0.6) is 5.75 Å². The number of carbonyl (C=O) groups is 1. The molecule has 2 aromatic rings. The van der Waals surface area contributed by atoms with E-state index in [2.05, 4.69) is 34.2 Å². The van der Waals surface area contributed by atoms with Crippen LogP contribution in [0.2, 0.25) is 5.02 Å². The molecule has 0 spiro atoms. The maximum absolute atomic E-state index is 12.4. The number of ether oxygens (including phenoxy) is 1. The minimum atomic E-state index is -0.000768. The number of nitrogens with one attached hydrogen (secondary N) is 1. The van der Waals surface area contributed by atoms with Gasteiger partial charge in [-0.2, -0.15) is 0 Å². The van der Waals surface area contributed by atoms with Crippen LogP contribution in [0, 0.1) is 13.8 Å². The average molecular weight is 402 g/mol. The second kappa shape index (κ2) is 9.41. The molecule has 0 radical (unpaired) electrons. The molecule has 0 saturated carbocycles. The molecule has 1 aliphatic rings. The summed E-state index contributed by atoms with van der Waals surface area (Å²) in [5.74, 6) is 0.934. The fraction of sp³-hybridized carbons (Fsp3) is 0.409. The summed E-state index contributed by atoms with van der Waals surface area (Å²) >= 11 is 6.03. The summed E-state index contributed by atoms with van der Waals surface area (Å²) in [5, 5.41) is 3.60. The summed E-state index contributed by atoms with van der Waals surface area (Å²) in [6.07, 6.45) is 0. The van der Waals surface area contributed by atoms with Crippen molar-refractivity contribution in [3.63, 3.8) is 0 Å². The Balaban J connectivity index is 1.49. The summed E-state index contributed by atoms with van der Waals surface area (Å²) in [6.45, 7) is 8.93. The van der Waals surface area contributed by atoms with Crippen molar-refractivity contribution in [2.45, 2.75) is 20.4 Å². The van der Waals surface area contributed by atoms with Gasteiger partial charge in [0.25, 0.3) is 0 Å². The van der Waals surface area contributed by atoms with Crippen LogP contribution in [0.1, 0.15) is 16.7 Å². The number of carbonyl (C=O) groups excluding carboxylic acids is 1. The third kappa shape index (κ3) is 5.47. The Bertz CT molecular complexity index is 833. The number of methoxy groups -OCH3 is 1. The van der Waals surface area contributed by atoms with Crippen molar-refractivity contribution < 1.29 is 9.53 Å². The van der Waals surface area contributed by atoms with Gasteiger partial charge < -0.3 is 10.1 Å². The minimum Gasteiger partial charge on any atom is -0.496 e. The molecule has 1 N–H and O–H groups in total. The van der Waals surface area contributed by atoms with Gasteiger partial charge in [-0.3, -0.25) is 14.6 Å². The Morgan fingerprint density at radius 3 is 2.50 bits per heavy atom. The van der Waals surface area contributed by atoms with Gasteiger partial charge in [0.05, 0.1) is 13.7 Å². The van der Waals surface area contributed by atoms with E-state index in [1.807, 2.05) is 25.1 Å². The second-order valence-electron chi connectivity index (χ2n) is 7.38. The van der Waals surface area contributed by atoms with Crippen LogP contribution in [-0.4, -0.2) is 55.5 Å². The first-order chi connectivity index (χ1) is 13.4. The van der Waals surface area contributed by atoms with Gasteiger partial charge in [-0.25, -0.2) is 0 Å². The molecule has 0 unspecified atom stereocenters. The zero-order valence-corrected chi connectivity index (χ0v) is 17.6. The SMILES string of the molecule is COc1ccc(C)cc1CN1CCN(CC(=O)Nc2cc(Cl)ccc2C)CC1. The van der Waals surface area contributed by atoms with Gasteiger partial charge in [0, 0.05) is 49.0 Å². The van der Waals surface area contributed by atoms with Crippen molar-refractivity contribution in [2.75, 3.05) is 45.2 Å². The highest BCUT2D eigenvalue weighted by Crippen LogP contribution is 2.22. The third-order valence-corrected chi connectivity index (χ3v) is 5.37. The highest BCUT2D eigenvalue weighted by Gasteiger charge is 2.20. The molecule has 6 heteroatoms. The monoisotopic (exact) mass is 401 g/mol. The van der Waals surface area contributed by atoms with Crippen molar-refractivity contribution in [3.05, 3.63) is 58.1 Å². The molecule has 1 heterocycles. The lowest BCUT2D eigenvalue weighted by Gasteiger charge is -2.34. The maximum Gasteiger partial charge on any atom is 0.238 e. The summed E-state index contributed by atoms with van der Waals surface area (Å²) in [6, 6.07) is 11.8. The van der Waals surface area contributed by atoms with Crippen molar-refractivity contribution in [1.29, 1.82) is 0 Å². The Morgan fingerprint density at radius 1 is 1.07 bits per heavy atom. The quantitative estimate of drug-likeness (QED) is 0.801. The molecule has 1 amide bonds. The lowest BCUT2D eigenvalue weighted by molar-refractivity contribution is -0.117. The predicted molar refractivity (Wildman–Crippen MR) is 114 cm³/mol. The van der Waals surface area contributed by atoms with Crippen LogP contribution in [0.4, 0.5) is 5.69 Å². The van der Waals surface area contributed by atoms with E-state index >= 15 is 0 Å². The zero-order valence-electron chi connectivity index (χ0n) is 16.8. The van der Waals surface area contributed by atoms with Gasteiger partial charge in [-0.1, -0.05) is 35.4 Å². The molecule has 1 saturated heterocycles. The van der Waals surface area contributed by atoms with Crippen molar-refractivity contribution in [1.82, 2.24) is 9.80 Å². The lowest BCUT2D eigenvalue weighted by Crippen LogP contribution is -2.48. The smallest absolute Gasteiger partial charge is 0.238 e. The van der Waals surface area contributed by atoms with Crippen LogP contribution >= 0.6 is 11.6 Å². The molecule has 0 bridgehead atoms. The number of amides is 1. The van der Waals surface area contributed by atoms with E-state index in [0.29, 0.717) is 11.6 Å². The van der Waals surface area contributed by atoms with Crippen molar-refractivity contribution in [2.24, 2.45) is 0 Å². The molecule has 5 nitrogen and oxygen atoms in total. The van der Waals surface area contributed by atoms with E-state index < -0.39 is 0 Å². The highest BCUT2D eigenvalue weighted by atomic mass is 35.5. The highest BCUT2D eigenvalue weighted by molar-refractivity contribution is 6.31. The number of anilines is 1. The first-order valence-electron chi connectivity index (χ1n) is 9.59. The molecular weight excluding hydrogens is 374 g/mol. The Morgan fingerprint density at radius 2 is 1.79 bits per heavy atom. The molecule has 150 valence electrons. The van der Waals surface area contributed by atoms with E-state index in [1.54, 1.807) is 13.2 Å². The Kier molecular flexibility index (Phi) is 6.94. The molecule has 1 aliphatic heterocycles. The summed E-state index contributed by atoms with van der Waals surface area (Å²) in [7, 11) is 1.71. The number of nitrogens with zero attached hydrogens (tertiary/aromatic N) is 2. The van der Waals surface area contributed by atoms with E-state index in [4.69, 9.17) is 16.3 Å². The fourth-order valence-electron chi connectivity index (χ4n) is 3.50. The van der Waals surface area contributed by atoms with Crippen molar-refractivity contribution >= 4 is 23.2 Å². The lowest BCUT2D eigenvalue weighted by atomic mass is 10.1. The number of hydrogen-bond donors (Lipinski definition) is 1. The first-order valence-corrected chi connectivity index (χ1v) is 9.96. The topological polar surface area (TPSA) is 44.8 Å². The Hall–Kier alpha value is -2.08. The minimum absolute atomic E-state index is 0.000768. The number of halogens is 1. The molecule has 3 rings (SSSR count). The molecule has 28 heavy (non-hydrogen) atoms. The average Bonchev–Trinajstić information content (AvgIpc) is 2.66. The molecule has 1 fully saturated rings. The van der Waals surface area contributed by atoms with E-state index in [-0.39, 0.29) is 5.91 Å². The number of rotatable bonds is 6. The molecule has 0 aliphatic carbocycles. The van der Waals surface area contributed by atoms with Crippen molar-refractivity contribution in [3.8, 4) is 5.75 Å². The first kappa shape index (κ1) is 20.6. The normalized spacial score (nSPS) is 15.4. The maximum atomic E-state index is 12.4. The predicted octanol–water partition coefficient (Wildman–Crippen LogP) is 3.72. The van der Waals surface area contributed by atoms with Gasteiger partial charge in [-0.05, 0) is 37.6 Å². The van der Waals surface area contributed by atoms with Gasteiger partial charge >= 0.3 is 0 Å². The van der Waals surface area contributed by atoms with Crippen LogP contribution in [0.3, 0.4) is 0 Å². The Labute approximate surface area is 172 Å². The molecular formula is C22H28ClN3O2. The summed E-state index contributed by atoms with van der Waals surface area (Å²) in [4.78, 5) is 17.0. The molecule has 2 aromatic carbocycles. The standard InChI is InChI=1S/C22H28ClN3O2/c1-16-4-7-21(28-3)18(12-16)14-25-8-10-26(11-9-25)15-22(27)24-20-13-19(23)6-5-17(20)2/h4-7,12-13H,8-11,14-15H2,1-3H3,(H,24,27). The number of aryl methyl sites for hydroxylation is 2. The number of benzene rings is 2. The van der Waals surface area contributed by atoms with E-state index in [9.17, 15) is 4.79 Å². The largest absolute Gasteiger partial charge is 0.496 e. The second-order valence-corrected chi connectivity index (χ2v) is 7.81. The van der Waals surface area contributed by atoms with Gasteiger partial charge in [0.1, 0.15) is 5.75 Å². The third-order valence-electron chi connectivity index (χ3n) is 5.14. The summed E-state index contributed by atoms with van der Waals surface area (Å²) < 4.78 is 5.49. The van der Waals surface area contributed by atoms with Crippen LogP contribution < -0.4 is 10.1 Å². The van der Waals surface area contributed by atoms with Crippen LogP contribution in [-0.2, 0) is 11.3 Å². The van der Waals surface area contributed by atoms with E-state index in [0.717, 1.165) is 49.7 Å². The molecule has 0 aromatic heterocycles. The van der Waals surface area contributed by atoms with Crippen LogP contribution in [0.25, 0.3) is 0 Å². The van der Waals surface area contributed by atoms with E-state index in [1.165, 1.54) is 11.1 Å². The van der Waals surface area contributed by atoms with Crippen LogP contribution in [0.15, 0.2) is 36.4 Å². The van der Waals surface area contributed by atoms with Gasteiger partial charge in [0.15, 0.2) is 0 Å². The van der Waals surface area contributed by atoms with Gasteiger partial charge in [-0.15, -0.1) is 0 Å². The van der Waals surface area contributed by atoms with Gasteiger partial charge in [0.2, 0.25) is 5.91 Å². The fourth-order valence-corrected chi connectivity index (χ4v) is 3.67. The summed E-state index contributed by atoms with van der Waals surface area (Å²) in [5.41, 5.74) is 4.24. The number of piperazine rings is 1. The molecule has 0 atom stereocenters. The number of hydrogen-bond acceptors (Lipinski definition) is 4.